The van der Waals surface area contributed by atoms with E-state index in [-0.39, 0.29) is 5.91 Å². The summed E-state index contributed by atoms with van der Waals surface area (Å²) in [4.78, 5) is 12.9. The Morgan fingerprint density at radius 1 is 0.966 bits per heavy atom. The fourth-order valence-electron chi connectivity index (χ4n) is 3.34. The molecule has 0 aliphatic rings. The summed E-state index contributed by atoms with van der Waals surface area (Å²) in [5.74, 6) is 1.83. The number of carbonyl (C=O) groups is 1. The molecule has 3 aromatic rings. The topological polar surface area (TPSA) is 61.7 Å². The summed E-state index contributed by atoms with van der Waals surface area (Å²) in [5.41, 5.74) is 4.07. The van der Waals surface area contributed by atoms with Crippen molar-refractivity contribution in [2.45, 2.75) is 20.8 Å². The number of nitrogens with zero attached hydrogens (tertiary/aromatic N) is 1. The molecule has 1 heterocycles. The molecule has 0 radical (unpaired) electrons. The molecule has 1 N–H and O–H groups in total. The van der Waals surface area contributed by atoms with E-state index in [1.54, 1.807) is 32.4 Å². The third-order valence-electron chi connectivity index (χ3n) is 4.73. The van der Waals surface area contributed by atoms with Gasteiger partial charge in [0.15, 0.2) is 11.5 Å². The highest BCUT2D eigenvalue weighted by Gasteiger charge is 2.17. The number of amides is 1. The van der Waals surface area contributed by atoms with Gasteiger partial charge in [-0.2, -0.15) is 0 Å². The van der Waals surface area contributed by atoms with E-state index in [2.05, 4.69) is 5.32 Å². The number of hydrogen-bond donors (Lipinski definition) is 1. The maximum Gasteiger partial charge on any atom is 0.257 e. The third-order valence-corrected chi connectivity index (χ3v) is 4.73. The zero-order chi connectivity index (χ0) is 21.0. The Morgan fingerprint density at radius 3 is 2.31 bits per heavy atom. The van der Waals surface area contributed by atoms with Gasteiger partial charge in [0, 0.05) is 28.8 Å². The van der Waals surface area contributed by atoms with E-state index < -0.39 is 0 Å². The number of aromatic nitrogens is 1. The molecule has 6 heteroatoms. The second kappa shape index (κ2) is 8.73. The average Bonchev–Trinajstić information content (AvgIpc) is 3.03. The molecule has 6 nitrogen and oxygen atoms in total. The molecule has 0 saturated heterocycles. The lowest BCUT2D eigenvalue weighted by molar-refractivity contribution is 0.102. The van der Waals surface area contributed by atoms with E-state index in [9.17, 15) is 4.79 Å². The smallest absolute Gasteiger partial charge is 0.257 e. The van der Waals surface area contributed by atoms with Gasteiger partial charge in [0.05, 0.1) is 26.4 Å². The number of aryl methyl sites for hydroxylation is 1. The van der Waals surface area contributed by atoms with Crippen molar-refractivity contribution in [3.63, 3.8) is 0 Å². The predicted octanol–water partition coefficient (Wildman–Crippen LogP) is 4.76. The molecular formula is C23H26N2O4. The minimum Gasteiger partial charge on any atom is -0.497 e. The van der Waals surface area contributed by atoms with Crippen LogP contribution in [0.3, 0.4) is 0 Å². The number of rotatable bonds is 7. The zero-order valence-corrected chi connectivity index (χ0v) is 17.4. The van der Waals surface area contributed by atoms with E-state index in [1.807, 2.05) is 55.7 Å². The number of methoxy groups -OCH3 is 2. The maximum atomic E-state index is 12.9. The zero-order valence-electron chi connectivity index (χ0n) is 17.4. The first-order valence-corrected chi connectivity index (χ1v) is 9.44. The van der Waals surface area contributed by atoms with Crippen LogP contribution in [0.25, 0.3) is 5.69 Å². The molecule has 0 saturated carbocycles. The first-order chi connectivity index (χ1) is 14.0. The summed E-state index contributed by atoms with van der Waals surface area (Å²) in [7, 11) is 3.21. The van der Waals surface area contributed by atoms with Gasteiger partial charge < -0.3 is 24.1 Å². The van der Waals surface area contributed by atoms with Crippen molar-refractivity contribution in [1.29, 1.82) is 0 Å². The van der Waals surface area contributed by atoms with Crippen LogP contribution in [0.1, 0.15) is 28.7 Å². The molecule has 0 bridgehead atoms. The van der Waals surface area contributed by atoms with Crippen LogP contribution in [0.15, 0.2) is 48.5 Å². The van der Waals surface area contributed by atoms with E-state index >= 15 is 0 Å². The molecule has 0 spiro atoms. The highest BCUT2D eigenvalue weighted by Crippen LogP contribution is 2.31. The molecule has 0 atom stereocenters. The van der Waals surface area contributed by atoms with Crippen LogP contribution >= 0.6 is 0 Å². The average molecular weight is 394 g/mol. The maximum absolute atomic E-state index is 12.9. The molecular weight excluding hydrogens is 368 g/mol. The Balaban J connectivity index is 1.86. The van der Waals surface area contributed by atoms with Crippen molar-refractivity contribution < 1.29 is 19.0 Å². The summed E-state index contributed by atoms with van der Waals surface area (Å²) < 4.78 is 18.2. The van der Waals surface area contributed by atoms with Crippen LogP contribution in [-0.2, 0) is 0 Å². The van der Waals surface area contributed by atoms with Crippen molar-refractivity contribution in [3.05, 3.63) is 65.5 Å². The summed E-state index contributed by atoms with van der Waals surface area (Å²) in [6.07, 6.45) is 0. The summed E-state index contributed by atoms with van der Waals surface area (Å²) in [5, 5.41) is 2.95. The molecule has 3 rings (SSSR count). The molecule has 0 aliphatic heterocycles. The number of ether oxygens (including phenoxy) is 3. The van der Waals surface area contributed by atoms with Crippen LogP contribution in [0, 0.1) is 13.8 Å². The molecule has 0 unspecified atom stereocenters. The van der Waals surface area contributed by atoms with Gasteiger partial charge in [-0.1, -0.05) is 0 Å². The van der Waals surface area contributed by atoms with E-state index in [0.29, 0.717) is 29.4 Å². The lowest BCUT2D eigenvalue weighted by Crippen LogP contribution is -2.13. The number of nitrogens with one attached hydrogen (secondary N) is 1. The minimum atomic E-state index is -0.177. The standard InChI is InChI=1S/C23H26N2O4/c1-6-29-21-12-7-17(14-22(21)28-5)24-23(26)20-13-15(2)25(16(20)3)18-8-10-19(27-4)11-9-18/h7-14H,6H2,1-5H3,(H,24,26). The number of carbonyl (C=O) groups excluding carboxylic acids is 1. The van der Waals surface area contributed by atoms with Gasteiger partial charge in [0.2, 0.25) is 0 Å². The summed E-state index contributed by atoms with van der Waals surface area (Å²) in [6.45, 7) is 6.37. The quantitative estimate of drug-likeness (QED) is 0.627. The van der Waals surface area contributed by atoms with Gasteiger partial charge in [-0.25, -0.2) is 0 Å². The number of benzene rings is 2. The third kappa shape index (κ3) is 4.21. The van der Waals surface area contributed by atoms with Gasteiger partial charge in [0.25, 0.3) is 5.91 Å². The van der Waals surface area contributed by atoms with Crippen molar-refractivity contribution in [1.82, 2.24) is 4.57 Å². The lowest BCUT2D eigenvalue weighted by atomic mass is 10.2. The fraction of sp³-hybridized carbons (Fsp3) is 0.261. The monoisotopic (exact) mass is 394 g/mol. The van der Waals surface area contributed by atoms with E-state index in [4.69, 9.17) is 14.2 Å². The first kappa shape index (κ1) is 20.3. The Hall–Kier alpha value is -3.41. The first-order valence-electron chi connectivity index (χ1n) is 9.44. The number of hydrogen-bond acceptors (Lipinski definition) is 4. The van der Waals surface area contributed by atoms with Crippen molar-refractivity contribution in [2.24, 2.45) is 0 Å². The Kier molecular flexibility index (Phi) is 6.12. The highest BCUT2D eigenvalue weighted by atomic mass is 16.5. The summed E-state index contributed by atoms with van der Waals surface area (Å²) >= 11 is 0. The lowest BCUT2D eigenvalue weighted by Gasteiger charge is -2.12. The minimum absolute atomic E-state index is 0.177. The van der Waals surface area contributed by atoms with Crippen molar-refractivity contribution >= 4 is 11.6 Å². The largest absolute Gasteiger partial charge is 0.497 e. The molecule has 152 valence electrons. The SMILES string of the molecule is CCOc1ccc(NC(=O)c2cc(C)n(-c3ccc(OC)cc3)c2C)cc1OC. The Labute approximate surface area is 171 Å². The Bertz CT molecular complexity index is 1010. The molecule has 1 amide bonds. The van der Waals surface area contributed by atoms with Gasteiger partial charge >= 0.3 is 0 Å². The normalized spacial score (nSPS) is 10.5. The summed E-state index contributed by atoms with van der Waals surface area (Å²) in [6, 6.07) is 15.0. The molecule has 1 aromatic heterocycles. The molecule has 0 aliphatic carbocycles. The highest BCUT2D eigenvalue weighted by molar-refractivity contribution is 6.05. The van der Waals surface area contributed by atoms with E-state index in [1.165, 1.54) is 0 Å². The van der Waals surface area contributed by atoms with Gasteiger partial charge in [-0.15, -0.1) is 0 Å². The second-order valence-corrected chi connectivity index (χ2v) is 6.57. The van der Waals surface area contributed by atoms with Crippen LogP contribution in [0.2, 0.25) is 0 Å². The molecule has 0 fully saturated rings. The van der Waals surface area contributed by atoms with Gasteiger partial charge in [0.1, 0.15) is 5.75 Å². The van der Waals surface area contributed by atoms with E-state index in [0.717, 1.165) is 22.8 Å². The Morgan fingerprint density at radius 2 is 1.69 bits per heavy atom. The fourth-order valence-corrected chi connectivity index (χ4v) is 3.34. The van der Waals surface area contributed by atoms with Gasteiger partial charge in [-0.3, -0.25) is 4.79 Å². The van der Waals surface area contributed by atoms with Gasteiger partial charge in [-0.05, 0) is 63.2 Å². The molecule has 29 heavy (non-hydrogen) atoms. The predicted molar refractivity (Wildman–Crippen MR) is 114 cm³/mol. The second-order valence-electron chi connectivity index (χ2n) is 6.57. The van der Waals surface area contributed by atoms with Crippen molar-refractivity contribution in [2.75, 3.05) is 26.1 Å². The number of anilines is 1. The van der Waals surface area contributed by atoms with Crippen LogP contribution in [0.5, 0.6) is 17.2 Å². The van der Waals surface area contributed by atoms with Crippen LogP contribution < -0.4 is 19.5 Å². The van der Waals surface area contributed by atoms with Crippen molar-refractivity contribution in [3.8, 4) is 22.9 Å². The van der Waals surface area contributed by atoms with Crippen LogP contribution in [-0.4, -0.2) is 31.3 Å². The van der Waals surface area contributed by atoms with Crippen LogP contribution in [0.4, 0.5) is 5.69 Å². The molecule has 2 aromatic carbocycles.